The van der Waals surface area contributed by atoms with Crippen LogP contribution in [0.5, 0.6) is 0 Å². The number of rotatable bonds is 8. The first-order valence-corrected chi connectivity index (χ1v) is 34.4. The van der Waals surface area contributed by atoms with Gasteiger partial charge in [0.25, 0.3) is 0 Å². The molecule has 0 amide bonds. The molecule has 18 aromatic rings. The number of hydrogen-bond donors (Lipinski definition) is 2. The van der Waals surface area contributed by atoms with E-state index in [-0.39, 0.29) is 0 Å². The van der Waals surface area contributed by atoms with Crippen LogP contribution in [0.4, 0.5) is 0 Å². The number of benzene rings is 18. The predicted octanol–water partition coefficient (Wildman–Crippen LogP) is 20.3. The van der Waals surface area contributed by atoms with Crippen molar-refractivity contribution < 1.29 is 10.0 Å². The maximum Gasteiger partial charge on any atom is 0.488 e. The molecule has 12 heteroatoms. The van der Waals surface area contributed by atoms with E-state index >= 15 is 0 Å². The highest BCUT2D eigenvalue weighted by Crippen LogP contribution is 2.40. The molecule has 0 aliphatic carbocycles. The molecule has 0 saturated heterocycles. The van der Waals surface area contributed by atoms with Crippen LogP contribution in [0, 0.1) is 0 Å². The van der Waals surface area contributed by atoms with Gasteiger partial charge < -0.3 is 10.0 Å². The Labute approximate surface area is 599 Å². The molecule has 0 aliphatic heterocycles. The average molecular weight is 1320 g/mol. The van der Waals surface area contributed by atoms with Crippen LogP contribution in [0.2, 0.25) is 0 Å². The molecule has 18 aromatic carbocycles. The van der Waals surface area contributed by atoms with Crippen molar-refractivity contribution in [3.63, 3.8) is 0 Å². The molecule has 456 valence electrons. The van der Waals surface area contributed by atoms with Crippen LogP contribution < -0.4 is 5.46 Å². The van der Waals surface area contributed by atoms with Gasteiger partial charge in [0.1, 0.15) is 0 Å². The van der Waals surface area contributed by atoms with Gasteiger partial charge in [0, 0.05) is 62.3 Å². The summed E-state index contributed by atoms with van der Waals surface area (Å²) in [6.45, 7) is 0. The summed E-state index contributed by atoms with van der Waals surface area (Å²) in [5.74, 6) is 0. The van der Waals surface area contributed by atoms with Crippen LogP contribution in [0.25, 0.3) is 163 Å². The third kappa shape index (κ3) is 13.6. The molecule has 0 aliphatic rings. The maximum absolute atomic E-state index is 9.34. The molecular formula is C88H58B9BrO2. The lowest BCUT2D eigenvalue weighted by atomic mass is 8.68. The van der Waals surface area contributed by atoms with Gasteiger partial charge in [0.05, 0.1) is 0 Å². The molecule has 0 fully saturated rings. The number of halogens is 1. The summed E-state index contributed by atoms with van der Waals surface area (Å²) >= 11 is 3.56. The van der Waals surface area contributed by atoms with Crippen molar-refractivity contribution in [2.75, 3.05) is 0 Å². The van der Waals surface area contributed by atoms with Crippen molar-refractivity contribution in [2.24, 2.45) is 0 Å². The molecule has 18 rings (SSSR count). The van der Waals surface area contributed by atoms with Gasteiger partial charge in [-0.05, 0) is 229 Å². The van der Waals surface area contributed by atoms with Crippen molar-refractivity contribution in [3.05, 3.63) is 344 Å². The van der Waals surface area contributed by atoms with E-state index in [1.165, 1.54) is 141 Å². The summed E-state index contributed by atoms with van der Waals surface area (Å²) in [4.78, 5) is 0. The summed E-state index contributed by atoms with van der Waals surface area (Å²) in [5.41, 5.74) is 12.9. The second-order valence-corrected chi connectivity index (χ2v) is 26.5. The van der Waals surface area contributed by atoms with E-state index in [1.807, 2.05) is 36.4 Å². The zero-order valence-corrected chi connectivity index (χ0v) is 56.4. The Kier molecular flexibility index (Phi) is 18.8. The molecule has 0 heterocycles. The summed E-state index contributed by atoms with van der Waals surface area (Å²) in [6.07, 6.45) is -1.78. The monoisotopic (exact) mass is 1320 g/mol. The van der Waals surface area contributed by atoms with Gasteiger partial charge in [-0.15, -0.1) is 0 Å². The minimum Gasteiger partial charge on any atom is -0.423 e. The Morgan fingerprint density at radius 3 is 0.960 bits per heavy atom. The lowest BCUT2D eigenvalue weighted by molar-refractivity contribution is 0.426. The molecule has 0 saturated carbocycles. The van der Waals surface area contributed by atoms with Gasteiger partial charge in [-0.2, -0.15) is 0 Å². The Bertz CT molecular complexity index is 6110. The molecular weight excluding hydrogens is 1270 g/mol. The normalized spacial score (nSPS) is 11.2. The smallest absolute Gasteiger partial charge is 0.423 e. The number of fused-ring (bicyclic) bond motifs is 12. The fourth-order valence-corrected chi connectivity index (χ4v) is 14.3. The van der Waals surface area contributed by atoms with E-state index in [2.05, 4.69) is 313 Å². The summed E-state index contributed by atoms with van der Waals surface area (Å²) in [5, 5.41) is 43.7. The van der Waals surface area contributed by atoms with E-state index in [0.717, 1.165) is 26.4 Å². The highest BCUT2D eigenvalue weighted by Gasteiger charge is 2.17. The Morgan fingerprint density at radius 2 is 0.510 bits per heavy atom. The zero-order valence-electron chi connectivity index (χ0n) is 54.8. The molecule has 2 nitrogen and oxygen atoms in total. The number of hydrogen-bond acceptors (Lipinski definition) is 2. The van der Waals surface area contributed by atoms with Crippen molar-refractivity contribution in [1.29, 1.82) is 0 Å². The fourth-order valence-electron chi connectivity index (χ4n) is 14.0. The largest absolute Gasteiger partial charge is 0.488 e. The minimum absolute atomic E-state index is 0.508. The zero-order chi connectivity index (χ0) is 68.4. The lowest BCUT2D eigenvalue weighted by Gasteiger charge is -2.13. The average Bonchev–Trinajstić information content (AvgIpc) is 0.769. The van der Waals surface area contributed by atoms with Crippen molar-refractivity contribution in [1.82, 2.24) is 0 Å². The summed E-state index contributed by atoms with van der Waals surface area (Å²) in [6, 6.07) is 122. The van der Waals surface area contributed by atoms with Crippen molar-refractivity contribution in [3.8, 4) is 55.6 Å². The second kappa shape index (κ2) is 28.8. The van der Waals surface area contributed by atoms with E-state index in [9.17, 15) is 10.0 Å². The van der Waals surface area contributed by atoms with E-state index < -0.39 is 26.3 Å². The second-order valence-electron chi connectivity index (χ2n) is 25.6. The van der Waals surface area contributed by atoms with Crippen LogP contribution in [-0.2, 0) is 0 Å². The van der Waals surface area contributed by atoms with Crippen LogP contribution >= 0.6 is 15.9 Å². The molecule has 0 aromatic heterocycles. The molecule has 2 N–H and O–H groups in total. The Balaban J connectivity index is 0.000000123. The molecule has 10 radical (unpaired) electrons. The van der Waals surface area contributed by atoms with Gasteiger partial charge in [-0.3, -0.25) is 0 Å². The van der Waals surface area contributed by atoms with E-state index in [4.69, 9.17) is 38.7 Å². The third-order valence-electron chi connectivity index (χ3n) is 19.2. The van der Waals surface area contributed by atoms with Gasteiger partial charge in [0.2, 0.25) is 0 Å². The standard InChI is InChI=1S/C44H28.C24H15Br.C20H15BO2.B8/c1-2-9-30-25-37(20-16-29(30)8-1)39-15-7-11-35-26-34(22-23-41(35)39)31-17-18-33-27-38(21-19-32(33)24-31)44-28-36-10-3-4-12-40(36)42-13-5-6-14-43(42)44;25-20-12-11-16-13-19(10-9-17(16)14-20)24-15-18-5-1-2-6-21(18)22-7-3-4-8-23(22)24;22-21(23)18-10-11-20-16(13-18)6-3-7-19(20)17-9-8-14-4-1-2-5-15(14)12-17;1-6(2)8(5)7(3)4/h1-28H;1-15H;1-13,22-23H;. The molecule has 0 spiro atoms. The molecule has 0 bridgehead atoms. The highest BCUT2D eigenvalue weighted by molar-refractivity contribution is 9.10. The van der Waals surface area contributed by atoms with E-state index in [1.54, 1.807) is 6.07 Å². The quantitative estimate of drug-likeness (QED) is 0.118. The van der Waals surface area contributed by atoms with Crippen LogP contribution in [0.15, 0.2) is 344 Å². The first kappa shape index (κ1) is 65.5. The topological polar surface area (TPSA) is 40.5 Å². The highest BCUT2D eigenvalue weighted by atomic mass is 79.9. The van der Waals surface area contributed by atoms with Gasteiger partial charge in [-0.1, -0.05) is 295 Å². The molecule has 0 unspecified atom stereocenters. The summed E-state index contributed by atoms with van der Waals surface area (Å²) < 4.78 is 1.11. The minimum atomic E-state index is -1.44. The summed E-state index contributed by atoms with van der Waals surface area (Å²) in [7, 11) is 24.3. The SMILES string of the molecule is Brc1ccc2cc(-c3cc4ccccc4c4ccccc34)ccc2c1.OB(O)c1ccc2c(-c3ccc4ccccc4c3)cccc2c1.[B]B([B])B([B])B([B])[B].c1ccc2cc(-c3cccc4cc(-c5ccc6cc(-c7cc8ccccc8c8ccccc78)ccc6c5)ccc34)ccc2c1. The third-order valence-corrected chi connectivity index (χ3v) is 19.7. The maximum atomic E-state index is 9.34. The van der Waals surface area contributed by atoms with Gasteiger partial charge in [-0.25, -0.2) is 0 Å². The van der Waals surface area contributed by atoms with Crippen LogP contribution in [0.3, 0.4) is 0 Å². The van der Waals surface area contributed by atoms with Crippen LogP contribution in [0.1, 0.15) is 0 Å². The fraction of sp³-hybridized carbons (Fsp3) is 0. The Hall–Kier alpha value is -10.5. The first-order valence-electron chi connectivity index (χ1n) is 33.6. The van der Waals surface area contributed by atoms with Crippen molar-refractivity contribution >= 4 is 194 Å². The van der Waals surface area contributed by atoms with Gasteiger partial charge in [0.15, 0.2) is 0 Å². The first-order chi connectivity index (χ1) is 48.8. The predicted molar refractivity (Wildman–Crippen MR) is 445 cm³/mol. The molecule has 0 atom stereocenters. The Morgan fingerprint density at radius 1 is 0.210 bits per heavy atom. The molecule has 100 heavy (non-hydrogen) atoms. The lowest BCUT2D eigenvalue weighted by Crippen LogP contribution is -2.52. The van der Waals surface area contributed by atoms with Crippen LogP contribution in [-0.4, -0.2) is 75.0 Å². The van der Waals surface area contributed by atoms with Crippen molar-refractivity contribution in [2.45, 2.75) is 0 Å². The van der Waals surface area contributed by atoms with E-state index in [0.29, 0.717) is 5.46 Å². The van der Waals surface area contributed by atoms with Gasteiger partial charge >= 0.3 is 7.12 Å².